The van der Waals surface area contributed by atoms with Crippen molar-refractivity contribution in [1.29, 1.82) is 0 Å². The Labute approximate surface area is 101 Å². The Hall–Kier alpha value is -0.480. The van der Waals surface area contributed by atoms with Crippen molar-refractivity contribution in [3.8, 4) is 11.8 Å². The summed E-state index contributed by atoms with van der Waals surface area (Å²) in [5.74, 6) is 6.96. The second-order valence-corrected chi connectivity index (χ2v) is 6.05. The fourth-order valence-electron chi connectivity index (χ4n) is 3.25. The highest BCUT2D eigenvalue weighted by Gasteiger charge is 2.66. The minimum atomic E-state index is 0.472. The normalized spacial score (nSPS) is 23.4. The van der Waals surface area contributed by atoms with Crippen molar-refractivity contribution in [1.82, 2.24) is 5.32 Å². The lowest BCUT2D eigenvalue weighted by atomic mass is 9.99. The second-order valence-electron chi connectivity index (χ2n) is 6.05. The van der Waals surface area contributed by atoms with Gasteiger partial charge in [-0.05, 0) is 36.6 Å². The van der Waals surface area contributed by atoms with Crippen LogP contribution in [0.25, 0.3) is 0 Å². The summed E-state index contributed by atoms with van der Waals surface area (Å²) in [5.41, 5.74) is 0.943. The van der Waals surface area contributed by atoms with Gasteiger partial charge < -0.3 is 5.32 Å². The minimum absolute atomic E-state index is 0.472. The van der Waals surface area contributed by atoms with Gasteiger partial charge in [-0.15, -0.1) is 11.8 Å². The van der Waals surface area contributed by atoms with Crippen molar-refractivity contribution in [3.05, 3.63) is 0 Å². The van der Waals surface area contributed by atoms with E-state index in [-0.39, 0.29) is 0 Å². The van der Waals surface area contributed by atoms with Crippen LogP contribution in [0, 0.1) is 28.6 Å². The van der Waals surface area contributed by atoms with Crippen molar-refractivity contribution >= 4 is 0 Å². The number of rotatable bonds is 5. The summed E-state index contributed by atoms with van der Waals surface area (Å²) in [4.78, 5) is 0. The monoisotopic (exact) mass is 221 g/mol. The van der Waals surface area contributed by atoms with Gasteiger partial charge in [0.25, 0.3) is 0 Å². The van der Waals surface area contributed by atoms with Gasteiger partial charge >= 0.3 is 0 Å². The molecule has 0 aliphatic heterocycles. The molecule has 1 aliphatic rings. The third-order valence-corrected chi connectivity index (χ3v) is 4.76. The van der Waals surface area contributed by atoms with Gasteiger partial charge in [0.2, 0.25) is 0 Å². The van der Waals surface area contributed by atoms with Crippen molar-refractivity contribution in [3.63, 3.8) is 0 Å². The van der Waals surface area contributed by atoms with Gasteiger partial charge in [-0.25, -0.2) is 0 Å². The highest BCUT2D eigenvalue weighted by Crippen LogP contribution is 2.69. The van der Waals surface area contributed by atoms with E-state index in [1.54, 1.807) is 0 Å². The molecule has 1 aliphatic carbocycles. The molecule has 1 heteroatoms. The zero-order valence-electron chi connectivity index (χ0n) is 11.8. The SMILES string of the molecule is CC#CCCC(NCC)C1C(C)(C)C1(C)C. The van der Waals surface area contributed by atoms with Crippen LogP contribution in [0.3, 0.4) is 0 Å². The molecule has 1 N–H and O–H groups in total. The van der Waals surface area contributed by atoms with Crippen molar-refractivity contribution in [2.75, 3.05) is 6.54 Å². The maximum absolute atomic E-state index is 3.65. The summed E-state index contributed by atoms with van der Waals surface area (Å²) in [6.45, 7) is 14.8. The Kier molecular flexibility index (Phi) is 4.07. The molecule has 0 amide bonds. The molecule has 0 bridgehead atoms. The van der Waals surface area contributed by atoms with E-state index >= 15 is 0 Å². The van der Waals surface area contributed by atoms with Gasteiger partial charge in [0.05, 0.1) is 0 Å². The predicted molar refractivity (Wildman–Crippen MR) is 71.2 cm³/mol. The van der Waals surface area contributed by atoms with Crippen LogP contribution in [0.1, 0.15) is 54.4 Å². The Morgan fingerprint density at radius 3 is 2.12 bits per heavy atom. The zero-order valence-corrected chi connectivity index (χ0v) is 11.8. The highest BCUT2D eigenvalue weighted by atomic mass is 15.0. The fraction of sp³-hybridized carbons (Fsp3) is 0.867. The van der Waals surface area contributed by atoms with Crippen LogP contribution in [0.4, 0.5) is 0 Å². The zero-order chi connectivity index (χ0) is 12.4. The molecule has 1 unspecified atom stereocenters. The molecule has 0 aromatic heterocycles. The first-order valence-electron chi connectivity index (χ1n) is 6.52. The molecule has 0 aromatic carbocycles. The van der Waals surface area contributed by atoms with Gasteiger partial charge in [0.15, 0.2) is 0 Å². The summed E-state index contributed by atoms with van der Waals surface area (Å²) in [7, 11) is 0. The summed E-state index contributed by atoms with van der Waals surface area (Å²) >= 11 is 0. The van der Waals surface area contributed by atoms with E-state index in [2.05, 4.69) is 51.8 Å². The smallest absolute Gasteiger partial charge is 0.0115 e. The molecule has 1 fully saturated rings. The standard InChI is InChI=1S/C15H27N/c1-7-9-10-11-12(16-8-2)13-14(3,4)15(13,5)6/h12-13,16H,8,10-11H2,1-6H3. The van der Waals surface area contributed by atoms with Gasteiger partial charge in [-0.1, -0.05) is 34.6 Å². The Balaban J connectivity index is 2.61. The molecule has 0 spiro atoms. The van der Waals surface area contributed by atoms with E-state index in [9.17, 15) is 0 Å². The van der Waals surface area contributed by atoms with Crippen molar-refractivity contribution in [2.45, 2.75) is 60.4 Å². The Morgan fingerprint density at radius 2 is 1.75 bits per heavy atom. The van der Waals surface area contributed by atoms with Crippen LogP contribution in [0.15, 0.2) is 0 Å². The topological polar surface area (TPSA) is 12.0 Å². The van der Waals surface area contributed by atoms with Crippen LogP contribution in [0.2, 0.25) is 0 Å². The maximum atomic E-state index is 3.65. The van der Waals surface area contributed by atoms with Crippen LogP contribution in [-0.4, -0.2) is 12.6 Å². The van der Waals surface area contributed by atoms with Crippen LogP contribution in [0.5, 0.6) is 0 Å². The van der Waals surface area contributed by atoms with Gasteiger partial charge in [-0.3, -0.25) is 0 Å². The quantitative estimate of drug-likeness (QED) is 0.701. The molecule has 1 nitrogen and oxygen atoms in total. The third-order valence-electron chi connectivity index (χ3n) is 4.76. The lowest BCUT2D eigenvalue weighted by Gasteiger charge is -2.19. The number of nitrogens with one attached hydrogen (secondary N) is 1. The third kappa shape index (κ3) is 2.28. The molecule has 16 heavy (non-hydrogen) atoms. The second kappa shape index (κ2) is 4.80. The predicted octanol–water partition coefficient (Wildman–Crippen LogP) is 3.45. The van der Waals surface area contributed by atoms with E-state index in [4.69, 9.17) is 0 Å². The molecule has 1 atom stereocenters. The molecular weight excluding hydrogens is 194 g/mol. The molecule has 1 rings (SSSR count). The first kappa shape index (κ1) is 13.6. The van der Waals surface area contributed by atoms with Crippen molar-refractivity contribution in [2.24, 2.45) is 16.7 Å². The van der Waals surface area contributed by atoms with E-state index < -0.39 is 0 Å². The molecule has 0 saturated heterocycles. The summed E-state index contributed by atoms with van der Waals surface area (Å²) in [6, 6.07) is 0.635. The van der Waals surface area contributed by atoms with E-state index in [0.29, 0.717) is 16.9 Å². The van der Waals surface area contributed by atoms with Crippen molar-refractivity contribution < 1.29 is 0 Å². The number of hydrogen-bond donors (Lipinski definition) is 1. The summed E-state index contributed by atoms with van der Waals surface area (Å²) < 4.78 is 0. The molecule has 92 valence electrons. The fourth-order valence-corrected chi connectivity index (χ4v) is 3.25. The molecule has 0 radical (unpaired) electrons. The van der Waals surface area contributed by atoms with Crippen LogP contribution in [-0.2, 0) is 0 Å². The lowest BCUT2D eigenvalue weighted by molar-refractivity contribution is 0.387. The molecule has 0 aromatic rings. The maximum Gasteiger partial charge on any atom is 0.0115 e. The van der Waals surface area contributed by atoms with Crippen LogP contribution < -0.4 is 5.32 Å². The average Bonchev–Trinajstić information content (AvgIpc) is 2.57. The first-order valence-corrected chi connectivity index (χ1v) is 6.52. The minimum Gasteiger partial charge on any atom is -0.314 e. The highest BCUT2D eigenvalue weighted by molar-refractivity contribution is 5.16. The molecule has 0 heterocycles. The summed E-state index contributed by atoms with van der Waals surface area (Å²) in [6.07, 6.45) is 2.21. The average molecular weight is 221 g/mol. The van der Waals surface area contributed by atoms with E-state index in [0.717, 1.165) is 18.9 Å². The first-order chi connectivity index (χ1) is 7.39. The number of hydrogen-bond acceptors (Lipinski definition) is 1. The molecular formula is C15H27N. The van der Waals surface area contributed by atoms with Gasteiger partial charge in [-0.2, -0.15) is 0 Å². The Bertz CT molecular complexity index is 276. The van der Waals surface area contributed by atoms with Gasteiger partial charge in [0, 0.05) is 12.5 Å². The Morgan fingerprint density at radius 1 is 1.19 bits per heavy atom. The van der Waals surface area contributed by atoms with Gasteiger partial charge in [0.1, 0.15) is 0 Å². The van der Waals surface area contributed by atoms with E-state index in [1.807, 2.05) is 6.92 Å². The lowest BCUT2D eigenvalue weighted by Crippen LogP contribution is -2.33. The molecule has 1 saturated carbocycles. The van der Waals surface area contributed by atoms with Crippen LogP contribution >= 0.6 is 0 Å². The summed E-state index contributed by atoms with van der Waals surface area (Å²) in [5, 5.41) is 3.65. The largest absolute Gasteiger partial charge is 0.314 e. The van der Waals surface area contributed by atoms with E-state index in [1.165, 1.54) is 6.42 Å².